The molecule has 2 aromatic heterocycles. The highest BCUT2D eigenvalue weighted by molar-refractivity contribution is 7.09. The van der Waals surface area contributed by atoms with Gasteiger partial charge in [0.05, 0.1) is 12.1 Å². The Kier molecular flexibility index (Phi) is 3.41. The van der Waals surface area contributed by atoms with Crippen molar-refractivity contribution in [1.29, 1.82) is 0 Å². The van der Waals surface area contributed by atoms with Crippen LogP contribution in [0.15, 0.2) is 40.3 Å². The summed E-state index contributed by atoms with van der Waals surface area (Å²) in [6.07, 6.45) is 1.41. The lowest BCUT2D eigenvalue weighted by Crippen LogP contribution is -2.22. The van der Waals surface area contributed by atoms with Crippen LogP contribution in [0.4, 0.5) is 0 Å². The average molecular weight is 302 g/mol. The van der Waals surface area contributed by atoms with E-state index in [4.69, 9.17) is 9.52 Å². The van der Waals surface area contributed by atoms with E-state index in [-0.39, 0.29) is 18.1 Å². The first-order valence-electron chi connectivity index (χ1n) is 6.07. The molecule has 6 nitrogen and oxygen atoms in total. The van der Waals surface area contributed by atoms with Crippen molar-refractivity contribution in [3.05, 3.63) is 52.2 Å². The first-order chi connectivity index (χ1) is 10.1. The number of aromatic carboxylic acids is 1. The summed E-state index contributed by atoms with van der Waals surface area (Å²) in [5.41, 5.74) is 1.07. The van der Waals surface area contributed by atoms with E-state index in [0.717, 1.165) is 5.39 Å². The van der Waals surface area contributed by atoms with Crippen LogP contribution in [0.25, 0.3) is 11.0 Å². The number of thiazole rings is 1. The van der Waals surface area contributed by atoms with Gasteiger partial charge in [-0.25, -0.2) is 9.78 Å². The number of rotatable bonds is 4. The molecular formula is C14H10N2O4S. The van der Waals surface area contributed by atoms with Gasteiger partial charge in [0, 0.05) is 10.8 Å². The quantitative estimate of drug-likeness (QED) is 0.772. The van der Waals surface area contributed by atoms with E-state index in [1.165, 1.54) is 23.0 Å². The summed E-state index contributed by atoms with van der Waals surface area (Å²) in [5, 5.41) is 14.2. The lowest BCUT2D eigenvalue weighted by molar-refractivity contribution is 0.0691. The minimum absolute atomic E-state index is 0.0157. The number of para-hydroxylation sites is 1. The van der Waals surface area contributed by atoms with Crippen LogP contribution in [0.2, 0.25) is 0 Å². The number of carbonyl (C=O) groups is 2. The van der Waals surface area contributed by atoms with Crippen molar-refractivity contribution >= 4 is 34.2 Å². The van der Waals surface area contributed by atoms with Crippen molar-refractivity contribution in [1.82, 2.24) is 10.3 Å². The Hall–Kier alpha value is -2.67. The largest absolute Gasteiger partial charge is 0.476 e. The van der Waals surface area contributed by atoms with Gasteiger partial charge in [-0.15, -0.1) is 11.3 Å². The zero-order valence-corrected chi connectivity index (χ0v) is 11.5. The van der Waals surface area contributed by atoms with Gasteiger partial charge in [0.15, 0.2) is 5.69 Å². The van der Waals surface area contributed by atoms with Gasteiger partial charge < -0.3 is 14.8 Å². The highest BCUT2D eigenvalue weighted by Gasteiger charge is 2.14. The van der Waals surface area contributed by atoms with Crippen molar-refractivity contribution in [3.8, 4) is 0 Å². The number of furan rings is 1. The van der Waals surface area contributed by atoms with E-state index in [0.29, 0.717) is 16.2 Å². The van der Waals surface area contributed by atoms with Gasteiger partial charge in [0.2, 0.25) is 0 Å². The fourth-order valence-electron chi connectivity index (χ4n) is 1.90. The van der Waals surface area contributed by atoms with Crippen molar-refractivity contribution in [3.63, 3.8) is 0 Å². The molecule has 0 unspecified atom stereocenters. The first-order valence-corrected chi connectivity index (χ1v) is 6.95. The number of hydrogen-bond acceptors (Lipinski definition) is 5. The SMILES string of the molecule is O=C(O)c1csc(CNC(=O)c2coc3ccccc23)n1. The second-order valence-electron chi connectivity index (χ2n) is 4.26. The molecule has 2 N–H and O–H groups in total. The number of carboxylic acids is 1. The molecule has 21 heavy (non-hydrogen) atoms. The number of nitrogens with zero attached hydrogens (tertiary/aromatic N) is 1. The van der Waals surface area contributed by atoms with Gasteiger partial charge in [-0.1, -0.05) is 18.2 Å². The third kappa shape index (κ3) is 2.63. The van der Waals surface area contributed by atoms with Crippen molar-refractivity contribution in [2.75, 3.05) is 0 Å². The fraction of sp³-hybridized carbons (Fsp3) is 0.0714. The van der Waals surface area contributed by atoms with Crippen LogP contribution in [-0.4, -0.2) is 22.0 Å². The highest BCUT2D eigenvalue weighted by Crippen LogP contribution is 2.20. The van der Waals surface area contributed by atoms with Crippen LogP contribution in [0.3, 0.4) is 0 Å². The van der Waals surface area contributed by atoms with Gasteiger partial charge >= 0.3 is 5.97 Å². The van der Waals surface area contributed by atoms with Crippen LogP contribution in [0.5, 0.6) is 0 Å². The van der Waals surface area contributed by atoms with Gasteiger partial charge in [-0.3, -0.25) is 4.79 Å². The summed E-state index contributed by atoms with van der Waals surface area (Å²) < 4.78 is 5.31. The summed E-state index contributed by atoms with van der Waals surface area (Å²) in [6.45, 7) is 0.177. The van der Waals surface area contributed by atoms with E-state index in [9.17, 15) is 9.59 Å². The third-order valence-electron chi connectivity index (χ3n) is 2.90. The average Bonchev–Trinajstić information content (AvgIpc) is 3.11. The molecule has 0 radical (unpaired) electrons. The van der Waals surface area contributed by atoms with E-state index in [1.54, 1.807) is 12.1 Å². The maximum atomic E-state index is 12.1. The summed E-state index contributed by atoms with van der Waals surface area (Å²) in [4.78, 5) is 26.8. The first kappa shape index (κ1) is 13.3. The van der Waals surface area contributed by atoms with Crippen molar-refractivity contribution < 1.29 is 19.1 Å². The predicted octanol–water partition coefficient (Wildman–Crippen LogP) is 2.52. The topological polar surface area (TPSA) is 92.4 Å². The summed E-state index contributed by atoms with van der Waals surface area (Å²) in [5.74, 6) is -1.36. The fourth-order valence-corrected chi connectivity index (χ4v) is 2.60. The maximum Gasteiger partial charge on any atom is 0.355 e. The number of nitrogens with one attached hydrogen (secondary N) is 1. The van der Waals surface area contributed by atoms with Crippen LogP contribution < -0.4 is 5.32 Å². The third-order valence-corrected chi connectivity index (χ3v) is 3.75. The Morgan fingerprint density at radius 2 is 2.14 bits per heavy atom. The summed E-state index contributed by atoms with van der Waals surface area (Å²) >= 11 is 1.19. The normalized spacial score (nSPS) is 10.7. The van der Waals surface area contributed by atoms with Crippen LogP contribution in [0, 0.1) is 0 Å². The molecule has 0 aliphatic carbocycles. The van der Waals surface area contributed by atoms with Gasteiger partial charge in [0.25, 0.3) is 5.91 Å². The molecule has 0 spiro atoms. The minimum atomic E-state index is -1.08. The molecule has 0 fully saturated rings. The number of fused-ring (bicyclic) bond motifs is 1. The van der Waals surface area contributed by atoms with E-state index < -0.39 is 5.97 Å². The van der Waals surface area contributed by atoms with Crippen LogP contribution >= 0.6 is 11.3 Å². The Morgan fingerprint density at radius 1 is 1.33 bits per heavy atom. The molecule has 7 heteroatoms. The second-order valence-corrected chi connectivity index (χ2v) is 5.20. The molecular weight excluding hydrogens is 292 g/mol. The Labute approximate surface area is 123 Å². The molecule has 0 saturated carbocycles. The summed E-state index contributed by atoms with van der Waals surface area (Å²) in [6, 6.07) is 7.25. The smallest absolute Gasteiger partial charge is 0.355 e. The number of carboxylic acid groups (broad SMARTS) is 1. The van der Waals surface area contributed by atoms with E-state index >= 15 is 0 Å². The Bertz CT molecular complexity index is 821. The zero-order valence-electron chi connectivity index (χ0n) is 10.7. The maximum absolute atomic E-state index is 12.1. The lowest BCUT2D eigenvalue weighted by atomic mass is 10.1. The molecule has 3 aromatic rings. The zero-order chi connectivity index (χ0) is 14.8. The number of aromatic nitrogens is 1. The molecule has 0 atom stereocenters. The minimum Gasteiger partial charge on any atom is -0.476 e. The predicted molar refractivity (Wildman–Crippen MR) is 76.5 cm³/mol. The number of benzene rings is 1. The molecule has 3 rings (SSSR count). The molecule has 0 aliphatic heterocycles. The monoisotopic (exact) mass is 302 g/mol. The number of amides is 1. The van der Waals surface area contributed by atoms with Crippen molar-refractivity contribution in [2.45, 2.75) is 6.54 Å². The number of carbonyl (C=O) groups excluding carboxylic acids is 1. The standard InChI is InChI=1S/C14H10N2O4S/c17-13(9-6-20-11-4-2-1-3-8(9)11)15-5-12-16-10(7-21-12)14(18)19/h1-4,6-7H,5H2,(H,15,17)(H,18,19). The number of hydrogen-bond donors (Lipinski definition) is 2. The molecule has 106 valence electrons. The van der Waals surface area contributed by atoms with Crippen molar-refractivity contribution in [2.24, 2.45) is 0 Å². The summed E-state index contributed by atoms with van der Waals surface area (Å²) in [7, 11) is 0. The molecule has 1 aromatic carbocycles. The highest BCUT2D eigenvalue weighted by atomic mass is 32.1. The molecule has 1 amide bonds. The second kappa shape index (κ2) is 5.37. The molecule has 0 saturated heterocycles. The lowest BCUT2D eigenvalue weighted by Gasteiger charge is -2.00. The van der Waals surface area contributed by atoms with E-state index in [1.807, 2.05) is 12.1 Å². The Morgan fingerprint density at radius 3 is 2.90 bits per heavy atom. The van der Waals surface area contributed by atoms with Gasteiger partial charge in [0.1, 0.15) is 16.9 Å². The van der Waals surface area contributed by atoms with Gasteiger partial charge in [-0.2, -0.15) is 0 Å². The van der Waals surface area contributed by atoms with Crippen LogP contribution in [0.1, 0.15) is 25.9 Å². The van der Waals surface area contributed by atoms with Crippen LogP contribution in [-0.2, 0) is 6.54 Å². The molecule has 0 bridgehead atoms. The molecule has 2 heterocycles. The van der Waals surface area contributed by atoms with Gasteiger partial charge in [-0.05, 0) is 6.07 Å². The Balaban J connectivity index is 1.72. The van der Waals surface area contributed by atoms with E-state index in [2.05, 4.69) is 10.3 Å². The molecule has 0 aliphatic rings.